The first-order valence-electron chi connectivity index (χ1n) is 11.1. The minimum atomic E-state index is -0.483. The summed E-state index contributed by atoms with van der Waals surface area (Å²) in [7, 11) is 0. The average molecular weight is 565 g/mol. The number of likely N-dealkylation sites (tertiary alicyclic amines) is 1. The second kappa shape index (κ2) is 12.1. The Balaban J connectivity index is 0.00000341. The fourth-order valence-electron chi connectivity index (χ4n) is 3.71. The van der Waals surface area contributed by atoms with Gasteiger partial charge in [0.25, 0.3) is 0 Å². The minimum absolute atomic E-state index is 0. The molecule has 1 aromatic heterocycles. The summed E-state index contributed by atoms with van der Waals surface area (Å²) in [6, 6.07) is 0.0743. The Labute approximate surface area is 207 Å². The smallest absolute Gasteiger partial charge is 0.407 e. The molecule has 1 unspecified atom stereocenters. The normalized spacial score (nSPS) is 19.4. The molecule has 2 saturated heterocycles. The fourth-order valence-corrected chi connectivity index (χ4v) is 4.63. The zero-order chi connectivity index (χ0) is 21.6. The van der Waals surface area contributed by atoms with Crippen molar-refractivity contribution in [2.45, 2.75) is 65.0 Å². The largest absolute Gasteiger partial charge is 0.444 e. The number of alkyl carbamates (subject to hydrolysis) is 1. The average Bonchev–Trinajstić information content (AvgIpc) is 3.41. The summed E-state index contributed by atoms with van der Waals surface area (Å²) in [5.41, 5.74) is 0.635. The molecular weight excluding hydrogens is 527 g/mol. The molecule has 8 nitrogen and oxygen atoms in total. The van der Waals surface area contributed by atoms with Crippen molar-refractivity contribution in [3.8, 4) is 0 Å². The first-order chi connectivity index (χ1) is 14.3. The summed E-state index contributed by atoms with van der Waals surface area (Å²) < 4.78 is 5.37. The minimum Gasteiger partial charge on any atom is -0.444 e. The van der Waals surface area contributed by atoms with E-state index in [4.69, 9.17) is 14.7 Å². The lowest BCUT2D eigenvalue weighted by Gasteiger charge is -2.23. The van der Waals surface area contributed by atoms with E-state index in [1.54, 1.807) is 11.3 Å². The van der Waals surface area contributed by atoms with Crippen molar-refractivity contribution >= 4 is 52.5 Å². The highest BCUT2D eigenvalue weighted by atomic mass is 127. The lowest BCUT2D eigenvalue weighted by atomic mass is 10.2. The number of halogens is 1. The van der Waals surface area contributed by atoms with E-state index in [9.17, 15) is 4.79 Å². The molecule has 0 saturated carbocycles. The van der Waals surface area contributed by atoms with Crippen LogP contribution in [-0.2, 0) is 11.2 Å². The number of aliphatic imine (C=N–C) groups is 1. The van der Waals surface area contributed by atoms with Crippen LogP contribution in [0.2, 0.25) is 0 Å². The summed E-state index contributed by atoms with van der Waals surface area (Å²) in [4.78, 5) is 26.2. The van der Waals surface area contributed by atoms with Crippen molar-refractivity contribution in [3.63, 3.8) is 0 Å². The standard InChI is InChI=1S/C21H36N6O2S.HI/c1-5-22-18(27-13-9-16(14-27)25-20(28)29-21(2,3)4)23-10-8-17-15-30-19(24-17)26-11-6-7-12-26;/h15-16H,5-14H2,1-4H3,(H,22,23)(H,25,28);1H. The van der Waals surface area contributed by atoms with Crippen LogP contribution < -0.4 is 15.5 Å². The van der Waals surface area contributed by atoms with Crippen LogP contribution in [0.5, 0.6) is 0 Å². The number of amides is 1. The summed E-state index contributed by atoms with van der Waals surface area (Å²) >= 11 is 1.74. The molecule has 31 heavy (non-hydrogen) atoms. The Hall–Kier alpha value is -1.30. The molecule has 1 atom stereocenters. The van der Waals surface area contributed by atoms with Gasteiger partial charge >= 0.3 is 6.09 Å². The molecule has 1 aromatic rings. The Morgan fingerprint density at radius 1 is 1.32 bits per heavy atom. The van der Waals surface area contributed by atoms with E-state index in [-0.39, 0.29) is 36.1 Å². The zero-order valence-corrected chi connectivity index (χ0v) is 22.3. The first kappa shape index (κ1) is 26.0. The highest BCUT2D eigenvalue weighted by Gasteiger charge is 2.27. The molecule has 2 aliphatic heterocycles. The van der Waals surface area contributed by atoms with Gasteiger partial charge in [-0.2, -0.15) is 0 Å². The van der Waals surface area contributed by atoms with Crippen molar-refractivity contribution < 1.29 is 9.53 Å². The number of nitrogens with one attached hydrogen (secondary N) is 2. The maximum absolute atomic E-state index is 12.0. The van der Waals surface area contributed by atoms with E-state index in [1.165, 1.54) is 12.8 Å². The summed E-state index contributed by atoms with van der Waals surface area (Å²) in [6.45, 7) is 13.1. The molecule has 2 aliphatic rings. The van der Waals surface area contributed by atoms with Gasteiger partial charge in [-0.1, -0.05) is 0 Å². The molecule has 1 amide bonds. The number of carbonyl (C=O) groups excluding carboxylic acids is 1. The van der Waals surface area contributed by atoms with E-state index in [2.05, 4.69) is 32.7 Å². The summed E-state index contributed by atoms with van der Waals surface area (Å²) in [6.07, 6.45) is 3.91. The van der Waals surface area contributed by atoms with Gasteiger partial charge in [-0.05, 0) is 47.0 Å². The van der Waals surface area contributed by atoms with Crippen molar-refractivity contribution in [2.75, 3.05) is 44.2 Å². The van der Waals surface area contributed by atoms with E-state index < -0.39 is 5.60 Å². The van der Waals surface area contributed by atoms with Crippen LogP contribution in [0, 0.1) is 0 Å². The maximum Gasteiger partial charge on any atom is 0.407 e. The highest BCUT2D eigenvalue weighted by Crippen LogP contribution is 2.24. The molecule has 0 aromatic carbocycles. The SMILES string of the molecule is CCNC(=NCCc1csc(N2CCCC2)n1)N1CCC(NC(=O)OC(C)(C)C)C1.I. The van der Waals surface area contributed by atoms with Crippen LogP contribution in [0.15, 0.2) is 10.4 Å². The molecule has 176 valence electrons. The fraction of sp³-hybridized carbons (Fsp3) is 0.762. The Kier molecular flexibility index (Phi) is 10.1. The monoisotopic (exact) mass is 564 g/mol. The van der Waals surface area contributed by atoms with Gasteiger partial charge in [0.1, 0.15) is 5.60 Å². The van der Waals surface area contributed by atoms with Crippen molar-refractivity contribution in [2.24, 2.45) is 4.99 Å². The van der Waals surface area contributed by atoms with Gasteiger partial charge in [-0.15, -0.1) is 35.3 Å². The van der Waals surface area contributed by atoms with Crippen molar-refractivity contribution in [3.05, 3.63) is 11.1 Å². The van der Waals surface area contributed by atoms with Crippen LogP contribution in [0.3, 0.4) is 0 Å². The number of hydrogen-bond acceptors (Lipinski definition) is 6. The van der Waals surface area contributed by atoms with Crippen molar-refractivity contribution in [1.29, 1.82) is 0 Å². The topological polar surface area (TPSA) is 82.1 Å². The lowest BCUT2D eigenvalue weighted by molar-refractivity contribution is 0.0507. The van der Waals surface area contributed by atoms with Crippen LogP contribution in [0.4, 0.5) is 9.93 Å². The third kappa shape index (κ3) is 8.28. The van der Waals surface area contributed by atoms with Crippen LogP contribution >= 0.6 is 35.3 Å². The number of nitrogens with zero attached hydrogens (tertiary/aromatic N) is 4. The Bertz CT molecular complexity index is 730. The van der Waals surface area contributed by atoms with Gasteiger partial charge in [-0.3, -0.25) is 4.99 Å². The molecule has 2 fully saturated rings. The van der Waals surface area contributed by atoms with Gasteiger partial charge < -0.3 is 25.2 Å². The number of hydrogen-bond donors (Lipinski definition) is 2. The third-order valence-corrected chi connectivity index (χ3v) is 6.04. The number of guanidine groups is 1. The molecule has 0 spiro atoms. The lowest BCUT2D eigenvalue weighted by Crippen LogP contribution is -2.44. The van der Waals surface area contributed by atoms with E-state index in [0.29, 0.717) is 6.54 Å². The van der Waals surface area contributed by atoms with Gasteiger partial charge in [-0.25, -0.2) is 9.78 Å². The van der Waals surface area contributed by atoms with Crippen LogP contribution in [0.25, 0.3) is 0 Å². The highest BCUT2D eigenvalue weighted by molar-refractivity contribution is 14.0. The van der Waals surface area contributed by atoms with E-state index in [0.717, 1.165) is 62.4 Å². The summed E-state index contributed by atoms with van der Waals surface area (Å²) in [5, 5.41) is 9.66. The maximum atomic E-state index is 12.0. The molecule has 0 bridgehead atoms. The molecule has 3 rings (SSSR count). The summed E-state index contributed by atoms with van der Waals surface area (Å²) in [5.74, 6) is 0.904. The van der Waals surface area contributed by atoms with E-state index in [1.807, 2.05) is 20.8 Å². The van der Waals surface area contributed by atoms with Gasteiger partial charge in [0.15, 0.2) is 11.1 Å². The molecule has 3 heterocycles. The predicted octanol–water partition coefficient (Wildman–Crippen LogP) is 3.47. The van der Waals surface area contributed by atoms with Gasteiger partial charge in [0.2, 0.25) is 0 Å². The predicted molar refractivity (Wildman–Crippen MR) is 138 cm³/mol. The van der Waals surface area contributed by atoms with Crippen molar-refractivity contribution in [1.82, 2.24) is 20.5 Å². The number of ether oxygens (including phenoxy) is 1. The number of thiazole rings is 1. The first-order valence-corrected chi connectivity index (χ1v) is 11.9. The quantitative estimate of drug-likeness (QED) is 0.313. The number of carbonyl (C=O) groups is 1. The van der Waals surface area contributed by atoms with Gasteiger partial charge in [0.05, 0.1) is 11.7 Å². The second-order valence-electron chi connectivity index (χ2n) is 8.88. The van der Waals surface area contributed by atoms with Crippen LogP contribution in [0.1, 0.15) is 52.7 Å². The van der Waals surface area contributed by atoms with E-state index >= 15 is 0 Å². The molecule has 0 radical (unpaired) electrons. The number of aromatic nitrogens is 1. The third-order valence-electron chi connectivity index (χ3n) is 5.09. The number of rotatable bonds is 6. The molecule has 10 heteroatoms. The number of anilines is 1. The molecule has 2 N–H and O–H groups in total. The van der Waals surface area contributed by atoms with Gasteiger partial charge in [0, 0.05) is 51.1 Å². The zero-order valence-electron chi connectivity index (χ0n) is 19.1. The Morgan fingerprint density at radius 2 is 2.06 bits per heavy atom. The Morgan fingerprint density at radius 3 is 2.74 bits per heavy atom. The molecular formula is C21H37IN6O2S. The second-order valence-corrected chi connectivity index (χ2v) is 9.72. The molecule has 0 aliphatic carbocycles. The van der Waals surface area contributed by atoms with Crippen LogP contribution in [-0.4, -0.2) is 72.8 Å².